The SMILES string of the molecule is Cn1c(O)c(N=Nc2cc(N3CCOCC3)nc(OCCN3CCOCC3)n2)c2ccccc21. The highest BCUT2D eigenvalue weighted by molar-refractivity contribution is 5.94. The monoisotopic (exact) mass is 467 g/mol. The van der Waals surface area contributed by atoms with Gasteiger partial charge in [-0.25, -0.2) is 0 Å². The molecular formula is C23H29N7O4. The molecule has 0 aliphatic carbocycles. The third-order valence-electron chi connectivity index (χ3n) is 6.06. The second kappa shape index (κ2) is 10.3. The maximum atomic E-state index is 10.6. The van der Waals surface area contributed by atoms with Crippen LogP contribution in [0.2, 0.25) is 0 Å². The van der Waals surface area contributed by atoms with Gasteiger partial charge < -0.3 is 28.8 Å². The summed E-state index contributed by atoms with van der Waals surface area (Å²) in [7, 11) is 1.79. The van der Waals surface area contributed by atoms with E-state index in [0.29, 0.717) is 31.3 Å². The Morgan fingerprint density at radius 3 is 2.53 bits per heavy atom. The van der Waals surface area contributed by atoms with Crippen molar-refractivity contribution >= 4 is 28.2 Å². The second-order valence-electron chi connectivity index (χ2n) is 8.22. The molecule has 2 saturated heterocycles. The Bertz CT molecular complexity index is 1150. The van der Waals surface area contributed by atoms with Crippen LogP contribution in [0.25, 0.3) is 10.9 Å². The summed E-state index contributed by atoms with van der Waals surface area (Å²) in [6.07, 6.45) is 0. The summed E-state index contributed by atoms with van der Waals surface area (Å²) in [5.74, 6) is 1.13. The standard InChI is InChI=1S/C23H29N7O4/c1-28-18-5-3-2-4-17(18)21(22(28)31)27-26-19-16-20(30-9-13-33-14-10-30)25-23(24-19)34-15-8-29-6-11-32-12-7-29/h2-5,16,31H,6-15H2,1H3. The summed E-state index contributed by atoms with van der Waals surface area (Å²) in [6.45, 7) is 7.25. The van der Waals surface area contributed by atoms with E-state index in [0.717, 1.165) is 62.7 Å². The molecule has 2 aliphatic heterocycles. The number of rotatable bonds is 7. The number of para-hydroxylation sites is 1. The van der Waals surface area contributed by atoms with Crippen molar-refractivity contribution in [1.82, 2.24) is 19.4 Å². The summed E-state index contributed by atoms with van der Waals surface area (Å²) >= 11 is 0. The predicted octanol–water partition coefficient (Wildman–Crippen LogP) is 2.64. The van der Waals surface area contributed by atoms with Crippen LogP contribution in [0.4, 0.5) is 17.3 Å². The molecule has 2 fully saturated rings. The zero-order valence-electron chi connectivity index (χ0n) is 19.3. The molecule has 34 heavy (non-hydrogen) atoms. The van der Waals surface area contributed by atoms with Gasteiger partial charge in [0, 0.05) is 51.2 Å². The van der Waals surface area contributed by atoms with Gasteiger partial charge >= 0.3 is 6.01 Å². The molecule has 2 aromatic heterocycles. The molecule has 0 spiro atoms. The third kappa shape index (κ3) is 4.96. The first-order chi connectivity index (χ1) is 16.7. The van der Waals surface area contributed by atoms with E-state index < -0.39 is 0 Å². The lowest BCUT2D eigenvalue weighted by Crippen LogP contribution is -2.38. The van der Waals surface area contributed by atoms with Crippen molar-refractivity contribution in [3.05, 3.63) is 30.3 Å². The molecule has 0 atom stereocenters. The number of aryl methyl sites for hydroxylation is 1. The molecule has 0 amide bonds. The van der Waals surface area contributed by atoms with Crippen LogP contribution in [0.3, 0.4) is 0 Å². The van der Waals surface area contributed by atoms with Crippen LogP contribution < -0.4 is 9.64 Å². The normalized spacial score (nSPS) is 17.6. The quantitative estimate of drug-likeness (QED) is 0.528. The lowest BCUT2D eigenvalue weighted by Gasteiger charge is -2.28. The average molecular weight is 468 g/mol. The van der Waals surface area contributed by atoms with Crippen molar-refractivity contribution in [2.75, 3.05) is 70.7 Å². The molecule has 1 aromatic carbocycles. The smallest absolute Gasteiger partial charge is 0.320 e. The Morgan fingerprint density at radius 1 is 1.00 bits per heavy atom. The van der Waals surface area contributed by atoms with Crippen LogP contribution in [0, 0.1) is 0 Å². The Kier molecular flexibility index (Phi) is 6.84. The molecule has 0 bridgehead atoms. The lowest BCUT2D eigenvalue weighted by molar-refractivity contribution is 0.0317. The fourth-order valence-electron chi connectivity index (χ4n) is 4.12. The molecule has 11 nitrogen and oxygen atoms in total. The van der Waals surface area contributed by atoms with Crippen molar-refractivity contribution in [1.29, 1.82) is 0 Å². The van der Waals surface area contributed by atoms with Gasteiger partial charge in [0.2, 0.25) is 5.88 Å². The minimum atomic E-state index is 0.0504. The van der Waals surface area contributed by atoms with Gasteiger partial charge in [-0.1, -0.05) is 18.2 Å². The number of hydrogen-bond donors (Lipinski definition) is 1. The van der Waals surface area contributed by atoms with Crippen molar-refractivity contribution in [3.8, 4) is 11.9 Å². The number of benzene rings is 1. The van der Waals surface area contributed by atoms with Crippen molar-refractivity contribution in [2.24, 2.45) is 17.3 Å². The van der Waals surface area contributed by atoms with E-state index >= 15 is 0 Å². The van der Waals surface area contributed by atoms with Gasteiger partial charge in [-0.2, -0.15) is 9.97 Å². The number of aromatic nitrogens is 3. The number of azo groups is 1. The first kappa shape index (κ1) is 22.5. The number of morpholine rings is 2. The van der Waals surface area contributed by atoms with Crippen LogP contribution in [0.15, 0.2) is 40.6 Å². The maximum absolute atomic E-state index is 10.6. The molecule has 11 heteroatoms. The zero-order valence-corrected chi connectivity index (χ0v) is 19.3. The molecule has 0 saturated carbocycles. The van der Waals surface area contributed by atoms with Gasteiger partial charge in [0.1, 0.15) is 12.4 Å². The number of aromatic hydroxyl groups is 1. The van der Waals surface area contributed by atoms with E-state index in [2.05, 4.69) is 30.0 Å². The number of nitrogens with zero attached hydrogens (tertiary/aromatic N) is 7. The molecule has 0 radical (unpaired) electrons. The Hall–Kier alpha value is -3.28. The fraction of sp³-hybridized carbons (Fsp3) is 0.478. The van der Waals surface area contributed by atoms with Crippen LogP contribution in [-0.2, 0) is 16.5 Å². The van der Waals surface area contributed by atoms with Gasteiger partial charge in [0.25, 0.3) is 0 Å². The summed E-state index contributed by atoms with van der Waals surface area (Å²) in [6, 6.07) is 9.70. The van der Waals surface area contributed by atoms with E-state index in [4.69, 9.17) is 14.2 Å². The Labute approximate surface area is 197 Å². The van der Waals surface area contributed by atoms with Gasteiger partial charge in [0.15, 0.2) is 11.5 Å². The number of ether oxygens (including phenoxy) is 3. The van der Waals surface area contributed by atoms with Gasteiger partial charge in [-0.05, 0) is 6.07 Å². The highest BCUT2D eigenvalue weighted by atomic mass is 16.5. The molecule has 4 heterocycles. The summed E-state index contributed by atoms with van der Waals surface area (Å²) in [5.41, 5.74) is 1.28. The molecule has 3 aromatic rings. The summed E-state index contributed by atoms with van der Waals surface area (Å²) < 4.78 is 18.5. The van der Waals surface area contributed by atoms with Crippen molar-refractivity contribution in [3.63, 3.8) is 0 Å². The van der Waals surface area contributed by atoms with Gasteiger partial charge in [-0.3, -0.25) is 4.90 Å². The fourth-order valence-corrected chi connectivity index (χ4v) is 4.12. The highest BCUT2D eigenvalue weighted by Gasteiger charge is 2.18. The number of hydrogen-bond acceptors (Lipinski definition) is 10. The van der Waals surface area contributed by atoms with Crippen LogP contribution >= 0.6 is 0 Å². The average Bonchev–Trinajstić information content (AvgIpc) is 3.13. The van der Waals surface area contributed by atoms with Crippen LogP contribution in [0.1, 0.15) is 0 Å². The van der Waals surface area contributed by atoms with Crippen molar-refractivity contribution in [2.45, 2.75) is 0 Å². The van der Waals surface area contributed by atoms with Crippen LogP contribution in [-0.4, -0.2) is 90.3 Å². The maximum Gasteiger partial charge on any atom is 0.320 e. The van der Waals surface area contributed by atoms with Gasteiger partial charge in [-0.15, -0.1) is 10.2 Å². The predicted molar refractivity (Wildman–Crippen MR) is 127 cm³/mol. The third-order valence-corrected chi connectivity index (χ3v) is 6.06. The van der Waals surface area contributed by atoms with E-state index in [1.165, 1.54) is 0 Å². The van der Waals surface area contributed by atoms with E-state index in [1.807, 2.05) is 24.3 Å². The molecule has 1 N–H and O–H groups in total. The summed E-state index contributed by atoms with van der Waals surface area (Å²) in [4.78, 5) is 13.5. The lowest BCUT2D eigenvalue weighted by atomic mass is 10.2. The van der Waals surface area contributed by atoms with Crippen LogP contribution in [0.5, 0.6) is 11.9 Å². The first-order valence-corrected chi connectivity index (χ1v) is 11.5. The minimum absolute atomic E-state index is 0.0504. The Morgan fingerprint density at radius 2 is 1.74 bits per heavy atom. The molecule has 0 unspecified atom stereocenters. The van der Waals surface area contributed by atoms with E-state index in [-0.39, 0.29) is 11.9 Å². The van der Waals surface area contributed by atoms with Crippen molar-refractivity contribution < 1.29 is 19.3 Å². The highest BCUT2D eigenvalue weighted by Crippen LogP contribution is 2.38. The van der Waals surface area contributed by atoms with Gasteiger partial charge in [0.05, 0.1) is 31.9 Å². The molecular weight excluding hydrogens is 438 g/mol. The zero-order chi connectivity index (χ0) is 23.3. The minimum Gasteiger partial charge on any atom is -0.493 e. The second-order valence-corrected chi connectivity index (χ2v) is 8.22. The van der Waals surface area contributed by atoms with E-state index in [1.54, 1.807) is 17.7 Å². The first-order valence-electron chi connectivity index (χ1n) is 11.5. The molecule has 5 rings (SSSR count). The topological polar surface area (TPSA) is 110 Å². The number of anilines is 1. The molecule has 2 aliphatic rings. The summed E-state index contributed by atoms with van der Waals surface area (Å²) in [5, 5.41) is 20.1. The molecule has 180 valence electrons. The Balaban J connectivity index is 1.39. The van der Waals surface area contributed by atoms with E-state index in [9.17, 15) is 5.11 Å². The largest absolute Gasteiger partial charge is 0.493 e. The number of fused-ring (bicyclic) bond motifs is 1.